The Kier molecular flexibility index (Phi) is 5.62. The lowest BCUT2D eigenvalue weighted by Gasteiger charge is -2.09. The number of fused-ring (bicyclic) bond motifs is 1. The van der Waals surface area contributed by atoms with Gasteiger partial charge in [0.25, 0.3) is 5.91 Å². The van der Waals surface area contributed by atoms with Crippen LogP contribution in [0.2, 0.25) is 0 Å². The first-order chi connectivity index (χ1) is 13.4. The number of alkyl halides is 2. The Labute approximate surface area is 159 Å². The highest BCUT2D eigenvalue weighted by molar-refractivity contribution is 5.93. The quantitative estimate of drug-likeness (QED) is 0.728. The molecule has 1 aliphatic rings. The van der Waals surface area contributed by atoms with E-state index < -0.39 is 24.8 Å². The summed E-state index contributed by atoms with van der Waals surface area (Å²) in [6, 6.07) is 11.1. The average molecular weight is 393 g/mol. The highest BCUT2D eigenvalue weighted by Gasteiger charge is 2.43. The number of aryl methyl sites for hydroxylation is 1. The van der Waals surface area contributed by atoms with Crippen LogP contribution in [0.15, 0.2) is 42.5 Å². The molecule has 0 spiro atoms. The van der Waals surface area contributed by atoms with Crippen LogP contribution in [0.1, 0.15) is 12.0 Å². The second kappa shape index (κ2) is 8.12. The Morgan fingerprint density at radius 1 is 1.11 bits per heavy atom. The van der Waals surface area contributed by atoms with E-state index in [0.717, 1.165) is 5.56 Å². The van der Waals surface area contributed by atoms with Crippen LogP contribution >= 0.6 is 0 Å². The number of carbonyl (C=O) groups is 2. The van der Waals surface area contributed by atoms with Gasteiger partial charge in [0.05, 0.1) is 7.11 Å². The number of ether oxygens (including phenoxy) is 4. The van der Waals surface area contributed by atoms with Gasteiger partial charge in [0.2, 0.25) is 0 Å². The Bertz CT molecular complexity index is 886. The molecule has 0 saturated carbocycles. The summed E-state index contributed by atoms with van der Waals surface area (Å²) in [5.74, 6) is -0.827. The summed E-state index contributed by atoms with van der Waals surface area (Å²) in [7, 11) is 1.54. The van der Waals surface area contributed by atoms with Crippen molar-refractivity contribution in [3.05, 3.63) is 48.0 Å². The zero-order chi connectivity index (χ0) is 20.1. The van der Waals surface area contributed by atoms with E-state index in [1.54, 1.807) is 13.2 Å². The van der Waals surface area contributed by atoms with Crippen LogP contribution in [0.25, 0.3) is 0 Å². The molecule has 148 valence electrons. The van der Waals surface area contributed by atoms with Gasteiger partial charge in [-0.3, -0.25) is 9.59 Å². The second-order valence-electron chi connectivity index (χ2n) is 5.85. The van der Waals surface area contributed by atoms with E-state index >= 15 is 0 Å². The van der Waals surface area contributed by atoms with Gasteiger partial charge in [0, 0.05) is 18.2 Å². The normalized spacial score (nSPS) is 13.7. The Morgan fingerprint density at radius 3 is 2.64 bits per heavy atom. The molecule has 1 aliphatic heterocycles. The molecule has 0 bridgehead atoms. The van der Waals surface area contributed by atoms with Crippen LogP contribution in [0.4, 0.5) is 14.5 Å². The zero-order valence-electron chi connectivity index (χ0n) is 14.9. The first-order valence-electron chi connectivity index (χ1n) is 8.33. The van der Waals surface area contributed by atoms with Crippen molar-refractivity contribution in [1.82, 2.24) is 0 Å². The largest absolute Gasteiger partial charge is 0.586 e. The van der Waals surface area contributed by atoms with Gasteiger partial charge < -0.3 is 24.3 Å². The maximum absolute atomic E-state index is 13.0. The smallest absolute Gasteiger partial charge is 0.496 e. The number of nitrogens with one attached hydrogen (secondary N) is 1. The first-order valence-corrected chi connectivity index (χ1v) is 8.33. The third-order valence-electron chi connectivity index (χ3n) is 3.84. The number of methoxy groups -OCH3 is 1. The van der Waals surface area contributed by atoms with Crippen LogP contribution in [-0.4, -0.2) is 31.9 Å². The van der Waals surface area contributed by atoms with Crippen molar-refractivity contribution in [1.29, 1.82) is 0 Å². The Hall–Kier alpha value is -3.36. The minimum Gasteiger partial charge on any atom is -0.496 e. The molecule has 9 heteroatoms. The average Bonchev–Trinajstić information content (AvgIpc) is 2.98. The monoisotopic (exact) mass is 393 g/mol. The number of amides is 1. The van der Waals surface area contributed by atoms with Gasteiger partial charge in [-0.25, -0.2) is 0 Å². The molecule has 2 aromatic carbocycles. The predicted octanol–water partition coefficient (Wildman–Crippen LogP) is 3.13. The fraction of sp³-hybridized carbons (Fsp3) is 0.263. The van der Waals surface area contributed by atoms with Crippen molar-refractivity contribution < 1.29 is 37.3 Å². The molecule has 28 heavy (non-hydrogen) atoms. The van der Waals surface area contributed by atoms with E-state index in [9.17, 15) is 18.4 Å². The molecule has 7 nitrogen and oxygen atoms in total. The van der Waals surface area contributed by atoms with E-state index in [-0.39, 0.29) is 23.6 Å². The molecule has 1 amide bonds. The maximum Gasteiger partial charge on any atom is 0.586 e. The molecule has 2 aromatic rings. The summed E-state index contributed by atoms with van der Waals surface area (Å²) in [6.07, 6.45) is -3.25. The molecule has 3 rings (SSSR count). The molecular formula is C19H17F2NO6. The summed E-state index contributed by atoms with van der Waals surface area (Å²) in [4.78, 5) is 23.7. The van der Waals surface area contributed by atoms with Gasteiger partial charge in [0.1, 0.15) is 5.75 Å². The lowest BCUT2D eigenvalue weighted by atomic mass is 10.1. The molecule has 0 fully saturated rings. The molecule has 0 aromatic heterocycles. The minimum absolute atomic E-state index is 0.0762. The molecule has 0 atom stereocenters. The van der Waals surface area contributed by atoms with E-state index in [2.05, 4.69) is 14.8 Å². The molecule has 1 N–H and O–H groups in total. The molecule has 0 saturated heterocycles. The van der Waals surface area contributed by atoms with Gasteiger partial charge in [0.15, 0.2) is 18.1 Å². The number of hydrogen-bond acceptors (Lipinski definition) is 6. The van der Waals surface area contributed by atoms with E-state index in [0.29, 0.717) is 12.2 Å². The maximum atomic E-state index is 13.0. The summed E-state index contributed by atoms with van der Waals surface area (Å²) in [5.41, 5.74) is 1.05. The molecule has 0 unspecified atom stereocenters. The summed E-state index contributed by atoms with van der Waals surface area (Å²) in [6.45, 7) is -0.505. The number of rotatable bonds is 7. The van der Waals surface area contributed by atoms with Crippen LogP contribution in [0, 0.1) is 0 Å². The van der Waals surface area contributed by atoms with E-state index in [4.69, 9.17) is 9.47 Å². The minimum atomic E-state index is -3.73. The van der Waals surface area contributed by atoms with Gasteiger partial charge in [-0.05, 0) is 30.2 Å². The van der Waals surface area contributed by atoms with Crippen molar-refractivity contribution in [2.75, 3.05) is 19.0 Å². The van der Waals surface area contributed by atoms with Crippen LogP contribution in [-0.2, 0) is 20.7 Å². The van der Waals surface area contributed by atoms with Gasteiger partial charge in [-0.2, -0.15) is 0 Å². The summed E-state index contributed by atoms with van der Waals surface area (Å²) < 4.78 is 44.7. The van der Waals surface area contributed by atoms with Crippen molar-refractivity contribution in [3.63, 3.8) is 0 Å². The number of esters is 1. The Balaban J connectivity index is 1.45. The number of hydrogen-bond donors (Lipinski definition) is 1. The third kappa shape index (κ3) is 4.87. The lowest BCUT2D eigenvalue weighted by Crippen LogP contribution is -2.25. The van der Waals surface area contributed by atoms with Crippen molar-refractivity contribution in [2.24, 2.45) is 0 Å². The number of carbonyl (C=O) groups excluding carboxylic acids is 2. The molecule has 1 heterocycles. The van der Waals surface area contributed by atoms with Gasteiger partial charge >= 0.3 is 12.3 Å². The topological polar surface area (TPSA) is 83.1 Å². The molecule has 0 radical (unpaired) electrons. The number of benzene rings is 2. The van der Waals surface area contributed by atoms with Crippen LogP contribution < -0.4 is 19.5 Å². The second-order valence-corrected chi connectivity index (χ2v) is 5.85. The molecular weight excluding hydrogens is 376 g/mol. The Morgan fingerprint density at radius 2 is 1.86 bits per heavy atom. The first kappa shape index (κ1) is 19.4. The van der Waals surface area contributed by atoms with E-state index in [1.807, 2.05) is 18.2 Å². The molecule has 0 aliphatic carbocycles. The number of anilines is 1. The number of halogens is 2. The predicted molar refractivity (Wildman–Crippen MR) is 93.5 cm³/mol. The zero-order valence-corrected chi connectivity index (χ0v) is 14.9. The summed E-state index contributed by atoms with van der Waals surface area (Å²) >= 11 is 0. The number of para-hydroxylation sites is 1. The summed E-state index contributed by atoms with van der Waals surface area (Å²) in [5, 5.41) is 2.43. The van der Waals surface area contributed by atoms with Crippen molar-refractivity contribution >= 4 is 17.6 Å². The highest BCUT2D eigenvalue weighted by atomic mass is 19.3. The standard InChI is InChI=1S/C19H17F2NO6/c1-25-14-5-3-2-4-12(14)6-9-18(24)26-11-17(23)22-13-7-8-15-16(10-13)28-19(20,21)27-15/h2-5,7-8,10H,6,9,11H2,1H3,(H,22,23). The highest BCUT2D eigenvalue weighted by Crippen LogP contribution is 2.42. The van der Waals surface area contributed by atoms with Crippen molar-refractivity contribution in [2.45, 2.75) is 19.1 Å². The fourth-order valence-corrected chi connectivity index (χ4v) is 2.59. The van der Waals surface area contributed by atoms with Crippen LogP contribution in [0.3, 0.4) is 0 Å². The van der Waals surface area contributed by atoms with Crippen molar-refractivity contribution in [3.8, 4) is 17.2 Å². The lowest BCUT2D eigenvalue weighted by molar-refractivity contribution is -0.286. The third-order valence-corrected chi connectivity index (χ3v) is 3.84. The fourth-order valence-electron chi connectivity index (χ4n) is 2.59. The van der Waals surface area contributed by atoms with Crippen LogP contribution in [0.5, 0.6) is 17.2 Å². The van der Waals surface area contributed by atoms with E-state index in [1.165, 1.54) is 18.2 Å². The van der Waals surface area contributed by atoms with Gasteiger partial charge in [-0.1, -0.05) is 18.2 Å². The van der Waals surface area contributed by atoms with Gasteiger partial charge in [-0.15, -0.1) is 8.78 Å². The SMILES string of the molecule is COc1ccccc1CCC(=O)OCC(=O)Nc1ccc2c(c1)OC(F)(F)O2.